The van der Waals surface area contributed by atoms with Crippen LogP contribution in [0.3, 0.4) is 0 Å². The van der Waals surface area contributed by atoms with E-state index in [4.69, 9.17) is 11.6 Å². The van der Waals surface area contributed by atoms with Crippen LogP contribution in [0.2, 0.25) is 5.02 Å². The van der Waals surface area contributed by atoms with E-state index in [0.717, 1.165) is 5.69 Å². The van der Waals surface area contributed by atoms with E-state index in [2.05, 4.69) is 0 Å². The average molecular weight is 322 g/mol. The molecule has 1 aliphatic heterocycles. The maximum atomic E-state index is 12.9. The fourth-order valence-corrected chi connectivity index (χ4v) is 3.23. The first-order valence-electron chi connectivity index (χ1n) is 7.29. The Morgan fingerprint density at radius 1 is 0.913 bits per heavy atom. The second kappa shape index (κ2) is 5.21. The molecule has 0 aromatic heterocycles. The summed E-state index contributed by atoms with van der Waals surface area (Å²) in [6.07, 6.45) is 3.63. The highest BCUT2D eigenvalue weighted by Crippen LogP contribution is 2.34. The van der Waals surface area contributed by atoms with Crippen molar-refractivity contribution in [2.24, 2.45) is 0 Å². The number of carbonyl (C=O) groups is 2. The Labute approximate surface area is 138 Å². The summed E-state index contributed by atoms with van der Waals surface area (Å²) in [7, 11) is 0. The number of ketones is 2. The Morgan fingerprint density at radius 2 is 1.65 bits per heavy atom. The van der Waals surface area contributed by atoms with E-state index in [1.165, 1.54) is 0 Å². The Morgan fingerprint density at radius 3 is 2.39 bits per heavy atom. The predicted octanol–water partition coefficient (Wildman–Crippen LogP) is 4.05. The molecule has 112 valence electrons. The van der Waals surface area contributed by atoms with Crippen molar-refractivity contribution < 1.29 is 9.59 Å². The normalized spacial score (nSPS) is 16.5. The number of hydrogen-bond donors (Lipinski definition) is 0. The molecular formula is C19H12ClNO2. The molecule has 0 atom stereocenters. The summed E-state index contributed by atoms with van der Waals surface area (Å²) in [4.78, 5) is 27.5. The molecule has 0 amide bonds. The smallest absolute Gasteiger partial charge is 0.210 e. The lowest BCUT2D eigenvalue weighted by atomic mass is 9.85. The van der Waals surface area contributed by atoms with E-state index in [1.54, 1.807) is 42.5 Å². The Kier molecular flexibility index (Phi) is 3.17. The number of halogens is 1. The molecule has 4 heteroatoms. The molecule has 1 aliphatic carbocycles. The molecule has 0 radical (unpaired) electrons. The first-order valence-corrected chi connectivity index (χ1v) is 7.67. The van der Waals surface area contributed by atoms with Crippen LogP contribution in [0.4, 0.5) is 5.69 Å². The van der Waals surface area contributed by atoms with Gasteiger partial charge in [-0.25, -0.2) is 0 Å². The zero-order valence-corrected chi connectivity index (χ0v) is 12.9. The van der Waals surface area contributed by atoms with Gasteiger partial charge < -0.3 is 4.90 Å². The lowest BCUT2D eigenvalue weighted by Crippen LogP contribution is -2.36. The summed E-state index contributed by atoms with van der Waals surface area (Å²) < 4.78 is 0. The van der Waals surface area contributed by atoms with Gasteiger partial charge in [0.15, 0.2) is 5.78 Å². The Balaban J connectivity index is 1.90. The van der Waals surface area contributed by atoms with Crippen molar-refractivity contribution in [2.75, 3.05) is 11.4 Å². The van der Waals surface area contributed by atoms with Crippen LogP contribution in [-0.2, 0) is 0 Å². The van der Waals surface area contributed by atoms with Crippen LogP contribution < -0.4 is 4.90 Å². The molecule has 0 spiro atoms. The van der Waals surface area contributed by atoms with Gasteiger partial charge >= 0.3 is 0 Å². The molecule has 4 rings (SSSR count). The third-order valence-corrected chi connectivity index (χ3v) is 4.33. The number of carbonyl (C=O) groups excluding carboxylic acids is 2. The topological polar surface area (TPSA) is 37.4 Å². The van der Waals surface area contributed by atoms with E-state index in [1.807, 2.05) is 23.1 Å². The van der Waals surface area contributed by atoms with Gasteiger partial charge in [-0.3, -0.25) is 9.59 Å². The largest absolute Gasteiger partial charge is 0.334 e. The first-order chi connectivity index (χ1) is 11.2. The van der Waals surface area contributed by atoms with E-state index in [0.29, 0.717) is 34.0 Å². The van der Waals surface area contributed by atoms with Crippen molar-refractivity contribution in [1.29, 1.82) is 0 Å². The van der Waals surface area contributed by atoms with E-state index < -0.39 is 0 Å². The van der Waals surface area contributed by atoms with E-state index in [9.17, 15) is 9.59 Å². The number of allylic oxidation sites excluding steroid dienone is 3. The van der Waals surface area contributed by atoms with Gasteiger partial charge in [-0.15, -0.1) is 0 Å². The molecule has 1 heterocycles. The molecule has 0 saturated carbocycles. The summed E-state index contributed by atoms with van der Waals surface area (Å²) in [6.45, 7) is 0.528. The zero-order valence-electron chi connectivity index (χ0n) is 12.1. The number of Topliss-reactive ketones (excluding diaryl/α,β-unsaturated/α-hetero) is 2. The second-order valence-corrected chi connectivity index (χ2v) is 5.90. The second-order valence-electron chi connectivity index (χ2n) is 5.46. The van der Waals surface area contributed by atoms with Gasteiger partial charge in [0.25, 0.3) is 0 Å². The van der Waals surface area contributed by atoms with Crippen LogP contribution in [0.1, 0.15) is 20.7 Å². The van der Waals surface area contributed by atoms with Crippen molar-refractivity contribution in [3.05, 3.63) is 88.1 Å². The van der Waals surface area contributed by atoms with Crippen molar-refractivity contribution in [2.45, 2.75) is 0 Å². The Bertz CT molecular complexity index is 911. The van der Waals surface area contributed by atoms with Gasteiger partial charge in [0.2, 0.25) is 5.78 Å². The minimum absolute atomic E-state index is 0.113. The maximum Gasteiger partial charge on any atom is 0.210 e. The summed E-state index contributed by atoms with van der Waals surface area (Å²) in [5.41, 5.74) is 2.60. The highest BCUT2D eigenvalue weighted by atomic mass is 35.5. The quantitative estimate of drug-likeness (QED) is 0.795. The van der Waals surface area contributed by atoms with Crippen LogP contribution in [0.25, 0.3) is 0 Å². The fraction of sp³-hybridized carbons (Fsp3) is 0.0526. The molecule has 0 fully saturated rings. The van der Waals surface area contributed by atoms with Crippen molar-refractivity contribution in [3.63, 3.8) is 0 Å². The molecule has 0 saturated heterocycles. The van der Waals surface area contributed by atoms with Gasteiger partial charge in [-0.05, 0) is 18.2 Å². The first kappa shape index (κ1) is 14.0. The van der Waals surface area contributed by atoms with Crippen LogP contribution in [0.5, 0.6) is 0 Å². The molecule has 2 aromatic carbocycles. The molecule has 2 aromatic rings. The molecule has 3 nitrogen and oxygen atoms in total. The molecule has 2 aliphatic rings. The zero-order chi connectivity index (χ0) is 16.0. The van der Waals surface area contributed by atoms with Crippen LogP contribution in [0, 0.1) is 0 Å². The van der Waals surface area contributed by atoms with Gasteiger partial charge in [-0.2, -0.15) is 0 Å². The number of hydrogen-bond acceptors (Lipinski definition) is 3. The highest BCUT2D eigenvalue weighted by molar-refractivity contribution is 6.31. The molecule has 0 bridgehead atoms. The van der Waals surface area contributed by atoms with Gasteiger partial charge in [0, 0.05) is 28.4 Å². The van der Waals surface area contributed by atoms with Gasteiger partial charge in [0.1, 0.15) is 5.70 Å². The minimum Gasteiger partial charge on any atom is -0.334 e. The third kappa shape index (κ3) is 2.13. The fourth-order valence-electron chi connectivity index (χ4n) is 3.05. The highest BCUT2D eigenvalue weighted by Gasteiger charge is 2.35. The van der Waals surface area contributed by atoms with Crippen LogP contribution >= 0.6 is 11.6 Å². The number of rotatable bonds is 1. The van der Waals surface area contributed by atoms with E-state index >= 15 is 0 Å². The van der Waals surface area contributed by atoms with Crippen molar-refractivity contribution >= 4 is 28.9 Å². The lowest BCUT2D eigenvalue weighted by molar-refractivity contribution is 0.0974. The minimum atomic E-state index is -0.125. The lowest BCUT2D eigenvalue weighted by Gasteiger charge is -2.32. The number of fused-ring (bicyclic) bond motifs is 1. The molecule has 0 unspecified atom stereocenters. The van der Waals surface area contributed by atoms with Crippen molar-refractivity contribution in [3.8, 4) is 0 Å². The molecule has 23 heavy (non-hydrogen) atoms. The third-order valence-electron chi connectivity index (χ3n) is 4.09. The van der Waals surface area contributed by atoms with Crippen molar-refractivity contribution in [1.82, 2.24) is 0 Å². The molecule has 0 N–H and O–H groups in total. The monoisotopic (exact) mass is 321 g/mol. The van der Waals surface area contributed by atoms with Crippen LogP contribution in [0.15, 0.2) is 72.0 Å². The van der Waals surface area contributed by atoms with Gasteiger partial charge in [0.05, 0.1) is 5.57 Å². The molecular weight excluding hydrogens is 310 g/mol. The number of benzene rings is 2. The number of anilines is 1. The average Bonchev–Trinajstić information content (AvgIpc) is 2.59. The predicted molar refractivity (Wildman–Crippen MR) is 90.1 cm³/mol. The summed E-state index contributed by atoms with van der Waals surface area (Å²) in [5, 5.41) is 0.592. The standard InChI is InChI=1S/C19H12ClNO2/c20-12-5-3-6-13(11-12)21-10-4-9-16-17(21)19(23)15-8-2-1-7-14(15)18(16)22/h1-9,11H,10H2. The Hall–Kier alpha value is -2.65. The number of nitrogens with zero attached hydrogens (tertiary/aromatic N) is 1. The summed E-state index contributed by atoms with van der Waals surface area (Å²) in [6, 6.07) is 14.2. The van der Waals surface area contributed by atoms with Gasteiger partial charge in [-0.1, -0.05) is 54.1 Å². The van der Waals surface area contributed by atoms with Crippen LogP contribution in [-0.4, -0.2) is 18.1 Å². The summed E-state index contributed by atoms with van der Waals surface area (Å²) in [5.74, 6) is -0.238. The van der Waals surface area contributed by atoms with E-state index in [-0.39, 0.29) is 11.6 Å². The maximum absolute atomic E-state index is 12.9. The SMILES string of the molecule is O=C1C2=C(C(=O)c3ccccc31)N(c1cccc(Cl)c1)CC=C2. The summed E-state index contributed by atoms with van der Waals surface area (Å²) >= 11 is 6.07.